The van der Waals surface area contributed by atoms with Crippen LogP contribution in [0, 0.1) is 5.92 Å². The molecular formula is C15H24N4O. The predicted molar refractivity (Wildman–Crippen MR) is 79.4 cm³/mol. The number of hydrogen-bond donors (Lipinski definition) is 1. The van der Waals surface area contributed by atoms with Gasteiger partial charge in [-0.05, 0) is 25.7 Å². The van der Waals surface area contributed by atoms with Crippen LogP contribution in [0.2, 0.25) is 0 Å². The summed E-state index contributed by atoms with van der Waals surface area (Å²) in [7, 11) is 0. The van der Waals surface area contributed by atoms with Gasteiger partial charge in [-0.25, -0.2) is 9.97 Å². The Morgan fingerprint density at radius 2 is 2.15 bits per heavy atom. The highest BCUT2D eigenvalue weighted by molar-refractivity contribution is 5.97. The quantitative estimate of drug-likeness (QED) is 0.900. The first kappa shape index (κ1) is 14.8. The summed E-state index contributed by atoms with van der Waals surface area (Å²) in [6.45, 7) is 9.08. The molecule has 0 radical (unpaired) electrons. The van der Waals surface area contributed by atoms with E-state index in [9.17, 15) is 4.79 Å². The van der Waals surface area contributed by atoms with E-state index in [1.807, 2.05) is 18.7 Å². The Bertz CT molecular complexity index is 501. The summed E-state index contributed by atoms with van der Waals surface area (Å²) in [5, 5.41) is 0. The summed E-state index contributed by atoms with van der Waals surface area (Å²) in [5.74, 6) is 1.30. The number of nitrogens with two attached hydrogens (primary N) is 1. The zero-order chi connectivity index (χ0) is 14.9. The molecule has 2 unspecified atom stereocenters. The monoisotopic (exact) mass is 276 g/mol. The van der Waals surface area contributed by atoms with Crippen LogP contribution in [0.4, 0.5) is 5.69 Å². The fraction of sp³-hybridized carbons (Fsp3) is 0.667. The highest BCUT2D eigenvalue weighted by atomic mass is 16.2. The molecule has 110 valence electrons. The van der Waals surface area contributed by atoms with Gasteiger partial charge in [0.15, 0.2) is 5.69 Å². The van der Waals surface area contributed by atoms with E-state index in [0.29, 0.717) is 23.1 Å². The summed E-state index contributed by atoms with van der Waals surface area (Å²) in [6, 6.07) is 0.230. The van der Waals surface area contributed by atoms with E-state index in [0.717, 1.165) is 13.0 Å². The van der Waals surface area contributed by atoms with Crippen molar-refractivity contribution in [2.75, 3.05) is 12.3 Å². The number of carbonyl (C=O) groups is 1. The molecule has 0 spiro atoms. The highest BCUT2D eigenvalue weighted by Crippen LogP contribution is 2.25. The second-order valence-electron chi connectivity index (χ2n) is 6.05. The number of rotatable bonds is 2. The van der Waals surface area contributed by atoms with Crippen molar-refractivity contribution in [1.29, 1.82) is 0 Å². The summed E-state index contributed by atoms with van der Waals surface area (Å²) in [6.07, 6.45) is 3.76. The van der Waals surface area contributed by atoms with E-state index < -0.39 is 0 Å². The molecule has 20 heavy (non-hydrogen) atoms. The first-order chi connectivity index (χ1) is 9.41. The molecule has 2 rings (SSSR count). The highest BCUT2D eigenvalue weighted by Gasteiger charge is 2.30. The zero-order valence-electron chi connectivity index (χ0n) is 12.8. The molecule has 5 nitrogen and oxygen atoms in total. The van der Waals surface area contributed by atoms with E-state index in [2.05, 4.69) is 23.8 Å². The van der Waals surface area contributed by atoms with Crippen LogP contribution in [-0.2, 0) is 0 Å². The van der Waals surface area contributed by atoms with E-state index in [4.69, 9.17) is 5.73 Å². The Hall–Kier alpha value is -1.65. The molecule has 1 saturated heterocycles. The lowest BCUT2D eigenvalue weighted by molar-refractivity contribution is 0.0545. The number of aromatic nitrogens is 2. The molecule has 0 bridgehead atoms. The minimum absolute atomic E-state index is 0.0640. The van der Waals surface area contributed by atoms with E-state index >= 15 is 0 Å². The third-order valence-electron chi connectivity index (χ3n) is 4.19. The minimum Gasteiger partial charge on any atom is -0.396 e. The van der Waals surface area contributed by atoms with E-state index in [-0.39, 0.29) is 17.9 Å². The number of piperidine rings is 1. The number of likely N-dealkylation sites (tertiary alicyclic amines) is 1. The van der Waals surface area contributed by atoms with Gasteiger partial charge < -0.3 is 10.6 Å². The van der Waals surface area contributed by atoms with Crippen molar-refractivity contribution in [3.63, 3.8) is 0 Å². The van der Waals surface area contributed by atoms with Crippen molar-refractivity contribution in [3.05, 3.63) is 17.7 Å². The van der Waals surface area contributed by atoms with Crippen LogP contribution >= 0.6 is 0 Å². The topological polar surface area (TPSA) is 72.1 Å². The first-order valence-electron chi connectivity index (χ1n) is 7.35. The van der Waals surface area contributed by atoms with E-state index in [1.54, 1.807) is 6.20 Å². The number of nitrogen functional groups attached to an aromatic ring is 1. The fourth-order valence-corrected chi connectivity index (χ4v) is 2.61. The van der Waals surface area contributed by atoms with Gasteiger partial charge in [0.25, 0.3) is 5.91 Å². The number of nitrogens with zero attached hydrogens (tertiary/aromatic N) is 3. The van der Waals surface area contributed by atoms with Gasteiger partial charge in [0.2, 0.25) is 0 Å². The van der Waals surface area contributed by atoms with Crippen molar-refractivity contribution >= 4 is 11.6 Å². The lowest BCUT2D eigenvalue weighted by atomic mass is 9.92. The molecule has 0 aromatic carbocycles. The SMILES string of the molecule is CC(C)c1ncc(N)c(C(=O)N2CCCC(C)C2C)n1. The van der Waals surface area contributed by atoms with Gasteiger partial charge in [-0.2, -0.15) is 0 Å². The van der Waals surface area contributed by atoms with Crippen LogP contribution < -0.4 is 5.73 Å². The molecule has 5 heteroatoms. The largest absolute Gasteiger partial charge is 0.396 e. The second kappa shape index (κ2) is 5.77. The number of anilines is 1. The van der Waals surface area contributed by atoms with Gasteiger partial charge in [0, 0.05) is 18.5 Å². The lowest BCUT2D eigenvalue weighted by Gasteiger charge is -2.37. The molecule has 0 aliphatic carbocycles. The summed E-state index contributed by atoms with van der Waals surface area (Å²) >= 11 is 0. The molecule has 1 fully saturated rings. The van der Waals surface area contributed by atoms with Gasteiger partial charge in [0.05, 0.1) is 11.9 Å². The molecule has 1 aromatic heterocycles. The Kier molecular flexibility index (Phi) is 4.26. The van der Waals surface area contributed by atoms with Crippen LogP contribution in [0.25, 0.3) is 0 Å². The third kappa shape index (κ3) is 2.76. The maximum Gasteiger partial charge on any atom is 0.274 e. The van der Waals surface area contributed by atoms with Gasteiger partial charge >= 0.3 is 0 Å². The molecule has 1 aliphatic heterocycles. The van der Waals surface area contributed by atoms with Gasteiger partial charge in [-0.3, -0.25) is 4.79 Å². The molecule has 1 aliphatic rings. The molecule has 2 heterocycles. The van der Waals surface area contributed by atoms with Crippen molar-refractivity contribution in [2.45, 2.75) is 52.5 Å². The number of hydrogen-bond acceptors (Lipinski definition) is 4. The Morgan fingerprint density at radius 1 is 1.45 bits per heavy atom. The zero-order valence-corrected chi connectivity index (χ0v) is 12.8. The van der Waals surface area contributed by atoms with Gasteiger partial charge in [-0.15, -0.1) is 0 Å². The fourth-order valence-electron chi connectivity index (χ4n) is 2.61. The predicted octanol–water partition coefficient (Wildman–Crippen LogP) is 2.44. The molecular weight excluding hydrogens is 252 g/mol. The van der Waals surface area contributed by atoms with Crippen molar-refractivity contribution in [1.82, 2.24) is 14.9 Å². The Morgan fingerprint density at radius 3 is 2.80 bits per heavy atom. The van der Waals surface area contributed by atoms with Gasteiger partial charge in [-0.1, -0.05) is 20.8 Å². The summed E-state index contributed by atoms with van der Waals surface area (Å²) in [5.41, 5.74) is 6.62. The minimum atomic E-state index is -0.0640. The molecule has 0 saturated carbocycles. The molecule has 1 amide bonds. The molecule has 1 aromatic rings. The van der Waals surface area contributed by atoms with Crippen molar-refractivity contribution < 1.29 is 4.79 Å². The van der Waals surface area contributed by atoms with Crippen molar-refractivity contribution in [2.24, 2.45) is 5.92 Å². The second-order valence-corrected chi connectivity index (χ2v) is 6.05. The number of carbonyl (C=O) groups excluding carboxylic acids is 1. The average molecular weight is 276 g/mol. The standard InChI is InChI=1S/C15H24N4O/c1-9(2)14-17-8-12(16)13(18-14)15(20)19-7-5-6-10(3)11(19)4/h8-11H,5-7,16H2,1-4H3. The van der Waals surface area contributed by atoms with E-state index in [1.165, 1.54) is 6.42 Å². The van der Waals surface area contributed by atoms with Crippen molar-refractivity contribution in [3.8, 4) is 0 Å². The van der Waals surface area contributed by atoms with Crippen LogP contribution in [0.3, 0.4) is 0 Å². The maximum atomic E-state index is 12.7. The van der Waals surface area contributed by atoms with Crippen LogP contribution in [0.5, 0.6) is 0 Å². The Balaban J connectivity index is 2.30. The first-order valence-corrected chi connectivity index (χ1v) is 7.35. The van der Waals surface area contributed by atoms with Crippen LogP contribution in [0.1, 0.15) is 62.8 Å². The normalized spacial score (nSPS) is 23.1. The lowest BCUT2D eigenvalue weighted by Crippen LogP contribution is -2.46. The van der Waals surface area contributed by atoms with Crippen LogP contribution in [0.15, 0.2) is 6.20 Å². The maximum absolute atomic E-state index is 12.7. The van der Waals surface area contributed by atoms with Gasteiger partial charge in [0.1, 0.15) is 5.82 Å². The Labute approximate surface area is 120 Å². The molecule has 2 N–H and O–H groups in total. The summed E-state index contributed by atoms with van der Waals surface area (Å²) in [4.78, 5) is 23.2. The third-order valence-corrected chi connectivity index (χ3v) is 4.19. The smallest absolute Gasteiger partial charge is 0.274 e. The van der Waals surface area contributed by atoms with Crippen LogP contribution in [-0.4, -0.2) is 33.4 Å². The average Bonchev–Trinajstić information content (AvgIpc) is 2.41. The molecule has 2 atom stereocenters. The number of amides is 1. The summed E-state index contributed by atoms with van der Waals surface area (Å²) < 4.78 is 0.